The van der Waals surface area contributed by atoms with Crippen LogP contribution >= 0.6 is 0 Å². The highest BCUT2D eigenvalue weighted by Crippen LogP contribution is 2.03. The van der Waals surface area contributed by atoms with Crippen LogP contribution in [0.4, 0.5) is 0 Å². The number of pyridine rings is 1. The van der Waals surface area contributed by atoms with Crippen LogP contribution in [0.3, 0.4) is 0 Å². The molecule has 0 aromatic carbocycles. The molecule has 0 atom stereocenters. The van der Waals surface area contributed by atoms with Gasteiger partial charge < -0.3 is 0 Å². The molecule has 0 amide bonds. The third-order valence-electron chi connectivity index (χ3n) is 1.60. The quantitative estimate of drug-likeness (QED) is 0.509. The highest BCUT2D eigenvalue weighted by molar-refractivity contribution is 5.31. The second-order valence-corrected chi connectivity index (χ2v) is 2.47. The lowest BCUT2D eigenvalue weighted by atomic mass is 10.2. The van der Waals surface area contributed by atoms with Crippen molar-refractivity contribution in [2.45, 2.75) is 20.8 Å². The maximum Gasteiger partial charge on any atom is 0.113 e. The first-order chi connectivity index (χ1) is 5.24. The molecule has 0 spiro atoms. The number of hydrogen-bond acceptors (Lipinski definition) is 1. The summed E-state index contributed by atoms with van der Waals surface area (Å²) >= 11 is 0. The first-order valence-corrected chi connectivity index (χ1v) is 3.61. The SMILES string of the molecule is CC#Cc1ccc(C)c(C)n1. The molecule has 11 heavy (non-hydrogen) atoms. The molecular formula is C10H11N. The van der Waals surface area contributed by atoms with Gasteiger partial charge in [-0.1, -0.05) is 12.0 Å². The monoisotopic (exact) mass is 145 g/mol. The smallest absolute Gasteiger partial charge is 0.113 e. The van der Waals surface area contributed by atoms with Crippen molar-refractivity contribution in [1.29, 1.82) is 0 Å². The highest BCUT2D eigenvalue weighted by atomic mass is 14.7. The van der Waals surface area contributed by atoms with Crippen molar-refractivity contribution in [2.24, 2.45) is 0 Å². The molecule has 1 nitrogen and oxygen atoms in total. The molecule has 1 aromatic heterocycles. The Hall–Kier alpha value is -1.29. The number of nitrogens with zero attached hydrogens (tertiary/aromatic N) is 1. The molecule has 0 N–H and O–H groups in total. The Morgan fingerprint density at radius 3 is 2.55 bits per heavy atom. The summed E-state index contributed by atoms with van der Waals surface area (Å²) in [6.07, 6.45) is 0. The number of aromatic nitrogens is 1. The zero-order chi connectivity index (χ0) is 8.27. The van der Waals surface area contributed by atoms with Gasteiger partial charge >= 0.3 is 0 Å². The lowest BCUT2D eigenvalue weighted by molar-refractivity contribution is 1.13. The van der Waals surface area contributed by atoms with Gasteiger partial charge in [-0.2, -0.15) is 0 Å². The summed E-state index contributed by atoms with van der Waals surface area (Å²) in [7, 11) is 0. The first kappa shape index (κ1) is 7.81. The molecule has 0 saturated heterocycles. The van der Waals surface area contributed by atoms with Gasteiger partial charge in [-0.3, -0.25) is 0 Å². The molecule has 1 rings (SSSR count). The van der Waals surface area contributed by atoms with E-state index in [1.165, 1.54) is 5.56 Å². The maximum atomic E-state index is 4.29. The number of hydrogen-bond donors (Lipinski definition) is 0. The molecule has 0 saturated carbocycles. The van der Waals surface area contributed by atoms with Gasteiger partial charge in [0.2, 0.25) is 0 Å². The third-order valence-corrected chi connectivity index (χ3v) is 1.60. The van der Waals surface area contributed by atoms with Gasteiger partial charge in [-0.15, -0.1) is 0 Å². The van der Waals surface area contributed by atoms with Crippen molar-refractivity contribution in [2.75, 3.05) is 0 Å². The fourth-order valence-electron chi connectivity index (χ4n) is 0.828. The Balaban J connectivity index is 3.12. The molecule has 1 heteroatoms. The molecule has 56 valence electrons. The van der Waals surface area contributed by atoms with Gasteiger partial charge in [-0.25, -0.2) is 4.98 Å². The molecule has 0 radical (unpaired) electrons. The van der Waals surface area contributed by atoms with Crippen LogP contribution in [0.1, 0.15) is 23.9 Å². The van der Waals surface area contributed by atoms with E-state index >= 15 is 0 Å². The van der Waals surface area contributed by atoms with E-state index in [-0.39, 0.29) is 0 Å². The predicted octanol–water partition coefficient (Wildman–Crippen LogP) is 2.07. The molecule has 0 aliphatic heterocycles. The Bertz CT molecular complexity index is 315. The van der Waals surface area contributed by atoms with Gasteiger partial charge in [0.15, 0.2) is 0 Å². The normalized spacial score (nSPS) is 8.64. The lowest BCUT2D eigenvalue weighted by Gasteiger charge is -1.97. The summed E-state index contributed by atoms with van der Waals surface area (Å²) in [6, 6.07) is 3.99. The molecule has 0 aliphatic carbocycles. The van der Waals surface area contributed by atoms with Crippen molar-refractivity contribution in [1.82, 2.24) is 4.98 Å². The minimum Gasteiger partial charge on any atom is -0.244 e. The van der Waals surface area contributed by atoms with E-state index < -0.39 is 0 Å². The topological polar surface area (TPSA) is 12.9 Å². The Morgan fingerprint density at radius 2 is 2.00 bits per heavy atom. The number of aryl methyl sites for hydroxylation is 2. The van der Waals surface area contributed by atoms with E-state index in [9.17, 15) is 0 Å². The minimum atomic E-state index is 0.857. The van der Waals surface area contributed by atoms with E-state index in [0.29, 0.717) is 0 Å². The van der Waals surface area contributed by atoms with E-state index in [4.69, 9.17) is 0 Å². The second kappa shape index (κ2) is 3.21. The van der Waals surface area contributed by atoms with E-state index in [1.54, 1.807) is 0 Å². The van der Waals surface area contributed by atoms with Gasteiger partial charge in [0.05, 0.1) is 0 Å². The standard InChI is InChI=1S/C10H11N/c1-4-5-10-7-6-8(2)9(3)11-10/h6-7H,1-3H3. The van der Waals surface area contributed by atoms with Crippen LogP contribution in [-0.2, 0) is 0 Å². The fourth-order valence-corrected chi connectivity index (χ4v) is 0.828. The van der Waals surface area contributed by atoms with Crippen molar-refractivity contribution in [3.05, 3.63) is 29.1 Å². The molecule has 1 aromatic rings. The van der Waals surface area contributed by atoms with Gasteiger partial charge in [0, 0.05) is 5.69 Å². The Kier molecular flexibility index (Phi) is 2.28. The van der Waals surface area contributed by atoms with Crippen molar-refractivity contribution in [3.63, 3.8) is 0 Å². The largest absolute Gasteiger partial charge is 0.244 e. The Morgan fingerprint density at radius 1 is 1.27 bits per heavy atom. The minimum absolute atomic E-state index is 0.857. The summed E-state index contributed by atoms with van der Waals surface area (Å²) in [5.41, 5.74) is 3.13. The average molecular weight is 145 g/mol. The summed E-state index contributed by atoms with van der Waals surface area (Å²) in [5.74, 6) is 5.73. The summed E-state index contributed by atoms with van der Waals surface area (Å²) < 4.78 is 0. The average Bonchev–Trinajstić information content (AvgIpc) is 1.98. The summed E-state index contributed by atoms with van der Waals surface area (Å²) in [4.78, 5) is 4.29. The number of rotatable bonds is 0. The lowest BCUT2D eigenvalue weighted by Crippen LogP contribution is -1.89. The zero-order valence-corrected chi connectivity index (χ0v) is 7.10. The van der Waals surface area contributed by atoms with Gasteiger partial charge in [0.1, 0.15) is 5.69 Å². The first-order valence-electron chi connectivity index (χ1n) is 3.61. The van der Waals surface area contributed by atoms with Crippen LogP contribution in [-0.4, -0.2) is 4.98 Å². The van der Waals surface area contributed by atoms with Gasteiger partial charge in [-0.05, 0) is 38.3 Å². The highest BCUT2D eigenvalue weighted by Gasteiger charge is 1.93. The fraction of sp³-hybridized carbons (Fsp3) is 0.300. The van der Waals surface area contributed by atoms with Crippen molar-refractivity contribution < 1.29 is 0 Å². The molecule has 0 bridgehead atoms. The summed E-state index contributed by atoms with van der Waals surface area (Å²) in [5, 5.41) is 0. The third kappa shape index (κ3) is 1.81. The predicted molar refractivity (Wildman–Crippen MR) is 46.3 cm³/mol. The van der Waals surface area contributed by atoms with Crippen LogP contribution < -0.4 is 0 Å². The molecule has 0 aliphatic rings. The van der Waals surface area contributed by atoms with Crippen LogP contribution in [0.2, 0.25) is 0 Å². The van der Waals surface area contributed by atoms with E-state index in [1.807, 2.05) is 32.9 Å². The second-order valence-electron chi connectivity index (χ2n) is 2.47. The van der Waals surface area contributed by atoms with E-state index in [2.05, 4.69) is 16.8 Å². The van der Waals surface area contributed by atoms with Crippen LogP contribution in [0.5, 0.6) is 0 Å². The van der Waals surface area contributed by atoms with Crippen molar-refractivity contribution >= 4 is 0 Å². The van der Waals surface area contributed by atoms with Crippen molar-refractivity contribution in [3.8, 4) is 11.8 Å². The molecule has 0 unspecified atom stereocenters. The van der Waals surface area contributed by atoms with Gasteiger partial charge in [0.25, 0.3) is 0 Å². The zero-order valence-electron chi connectivity index (χ0n) is 7.10. The maximum absolute atomic E-state index is 4.29. The summed E-state index contributed by atoms with van der Waals surface area (Å²) in [6.45, 7) is 5.86. The van der Waals surface area contributed by atoms with Crippen LogP contribution in [0, 0.1) is 25.7 Å². The molecular weight excluding hydrogens is 134 g/mol. The van der Waals surface area contributed by atoms with Crippen LogP contribution in [0.15, 0.2) is 12.1 Å². The molecule has 1 heterocycles. The van der Waals surface area contributed by atoms with Crippen LogP contribution in [0.25, 0.3) is 0 Å². The van der Waals surface area contributed by atoms with E-state index in [0.717, 1.165) is 11.4 Å². The Labute approximate surface area is 67.5 Å². The molecule has 0 fully saturated rings.